The summed E-state index contributed by atoms with van der Waals surface area (Å²) in [6, 6.07) is 18.1. The molecule has 10 heteroatoms. The molecule has 0 unspecified atom stereocenters. The average molecular weight is 548 g/mol. The van der Waals surface area contributed by atoms with Gasteiger partial charge in [0.2, 0.25) is 0 Å². The lowest BCUT2D eigenvalue weighted by molar-refractivity contribution is 0.208. The second kappa shape index (κ2) is 10.8. The molecule has 2 aliphatic heterocycles. The predicted molar refractivity (Wildman–Crippen MR) is 157 cm³/mol. The Morgan fingerprint density at radius 2 is 1.55 bits per heavy atom. The SMILES string of the molecule is CN1CCN(c2ccc(-c3cc4c(N5CCN(C(=O)Nc6ccc(Cl)cc6)CC5)ncnc4s3)cc2)CC1. The van der Waals surface area contributed by atoms with Gasteiger partial charge in [-0.3, -0.25) is 0 Å². The maximum Gasteiger partial charge on any atom is 0.321 e. The van der Waals surface area contributed by atoms with Gasteiger partial charge in [-0.2, -0.15) is 0 Å². The van der Waals surface area contributed by atoms with Crippen LogP contribution in [0.5, 0.6) is 0 Å². The molecular weight excluding hydrogens is 518 g/mol. The Morgan fingerprint density at radius 1 is 0.868 bits per heavy atom. The maximum atomic E-state index is 12.7. The van der Waals surface area contributed by atoms with Gasteiger partial charge in [0.25, 0.3) is 0 Å². The highest BCUT2D eigenvalue weighted by molar-refractivity contribution is 7.21. The quantitative estimate of drug-likeness (QED) is 0.382. The van der Waals surface area contributed by atoms with E-state index in [0.29, 0.717) is 31.2 Å². The van der Waals surface area contributed by atoms with Gasteiger partial charge in [-0.05, 0) is 55.1 Å². The van der Waals surface area contributed by atoms with Crippen LogP contribution in [0.25, 0.3) is 20.7 Å². The summed E-state index contributed by atoms with van der Waals surface area (Å²) >= 11 is 7.64. The average Bonchev–Trinajstić information content (AvgIpc) is 3.40. The van der Waals surface area contributed by atoms with Crippen molar-refractivity contribution in [3.8, 4) is 10.4 Å². The Balaban J connectivity index is 1.13. The van der Waals surface area contributed by atoms with Crippen LogP contribution >= 0.6 is 22.9 Å². The first kappa shape index (κ1) is 24.9. The van der Waals surface area contributed by atoms with Crippen LogP contribution in [-0.2, 0) is 0 Å². The number of hydrogen-bond donors (Lipinski definition) is 1. The number of urea groups is 1. The van der Waals surface area contributed by atoms with Crippen molar-refractivity contribution in [2.24, 2.45) is 0 Å². The summed E-state index contributed by atoms with van der Waals surface area (Å²) in [7, 11) is 2.18. The van der Waals surface area contributed by atoms with Crippen molar-refractivity contribution in [2.45, 2.75) is 0 Å². The molecule has 38 heavy (non-hydrogen) atoms. The molecule has 8 nitrogen and oxygen atoms in total. The first-order chi connectivity index (χ1) is 18.5. The van der Waals surface area contributed by atoms with Crippen molar-refractivity contribution >= 4 is 56.4 Å². The molecule has 0 aliphatic carbocycles. The van der Waals surface area contributed by atoms with Crippen molar-refractivity contribution < 1.29 is 4.79 Å². The fourth-order valence-corrected chi connectivity index (χ4v) is 6.12. The molecule has 2 aromatic carbocycles. The molecule has 2 saturated heterocycles. The standard InChI is InChI=1S/C28H30ClN7OS/c1-33-10-12-34(13-11-33)23-8-2-20(3-9-23)25-18-24-26(30-19-31-27(24)38-25)35-14-16-36(17-15-35)28(37)32-22-6-4-21(29)5-7-22/h2-9,18-19H,10-17H2,1H3,(H,32,37). The molecule has 2 aromatic heterocycles. The number of likely N-dealkylation sites (N-methyl/N-ethyl adjacent to an activating group) is 1. The van der Waals surface area contributed by atoms with E-state index in [-0.39, 0.29) is 6.03 Å². The van der Waals surface area contributed by atoms with Gasteiger partial charge >= 0.3 is 6.03 Å². The van der Waals surface area contributed by atoms with Gasteiger partial charge in [-0.15, -0.1) is 11.3 Å². The van der Waals surface area contributed by atoms with Crippen molar-refractivity contribution in [3.05, 3.63) is 65.9 Å². The number of halogens is 1. The van der Waals surface area contributed by atoms with E-state index in [9.17, 15) is 4.79 Å². The second-order valence-electron chi connectivity index (χ2n) is 9.78. The van der Waals surface area contributed by atoms with Crippen LogP contribution in [-0.4, -0.2) is 85.2 Å². The molecular formula is C28H30ClN7OS. The second-order valence-corrected chi connectivity index (χ2v) is 11.2. The Morgan fingerprint density at radius 3 is 2.26 bits per heavy atom. The summed E-state index contributed by atoms with van der Waals surface area (Å²) in [5.74, 6) is 0.935. The number of carbonyl (C=O) groups excluding carboxylic acids is 1. The first-order valence-corrected chi connectivity index (χ1v) is 14.1. The lowest BCUT2D eigenvalue weighted by Crippen LogP contribution is -2.50. The van der Waals surface area contributed by atoms with E-state index in [1.54, 1.807) is 29.8 Å². The van der Waals surface area contributed by atoms with Gasteiger partial charge in [0.1, 0.15) is 17.0 Å². The number of rotatable bonds is 4. The van der Waals surface area contributed by atoms with E-state index in [4.69, 9.17) is 11.6 Å². The summed E-state index contributed by atoms with van der Waals surface area (Å²) in [5, 5.41) is 4.66. The Hall–Kier alpha value is -3.40. The molecule has 2 aliphatic rings. The highest BCUT2D eigenvalue weighted by Crippen LogP contribution is 2.37. The molecule has 0 atom stereocenters. The van der Waals surface area contributed by atoms with E-state index in [1.807, 2.05) is 17.0 Å². The minimum absolute atomic E-state index is 0.0994. The molecule has 2 amide bonds. The van der Waals surface area contributed by atoms with Crippen molar-refractivity contribution in [2.75, 3.05) is 74.5 Å². The van der Waals surface area contributed by atoms with E-state index in [0.717, 1.165) is 47.9 Å². The van der Waals surface area contributed by atoms with Gasteiger partial charge in [0.05, 0.1) is 5.39 Å². The summed E-state index contributed by atoms with van der Waals surface area (Å²) in [4.78, 5) is 33.0. The zero-order chi connectivity index (χ0) is 26.1. The number of hydrogen-bond acceptors (Lipinski definition) is 7. The maximum absolute atomic E-state index is 12.7. The predicted octanol–water partition coefficient (Wildman–Crippen LogP) is 5.12. The Labute approximate surface area is 231 Å². The Kier molecular flexibility index (Phi) is 7.06. The van der Waals surface area contributed by atoms with E-state index in [1.165, 1.54) is 16.1 Å². The molecule has 0 radical (unpaired) electrons. The normalized spacial score (nSPS) is 16.7. The highest BCUT2D eigenvalue weighted by Gasteiger charge is 2.24. The van der Waals surface area contributed by atoms with Gasteiger partial charge < -0.3 is 24.9 Å². The number of amides is 2. The fourth-order valence-electron chi connectivity index (χ4n) is 5.00. The van der Waals surface area contributed by atoms with E-state index in [2.05, 4.69) is 67.4 Å². The van der Waals surface area contributed by atoms with Gasteiger partial charge in [-0.1, -0.05) is 23.7 Å². The number of aromatic nitrogens is 2. The largest absolute Gasteiger partial charge is 0.369 e. The molecule has 196 valence electrons. The van der Waals surface area contributed by atoms with E-state index >= 15 is 0 Å². The van der Waals surface area contributed by atoms with Crippen molar-refractivity contribution in [1.29, 1.82) is 0 Å². The monoisotopic (exact) mass is 547 g/mol. The Bertz CT molecular complexity index is 1410. The molecule has 0 spiro atoms. The lowest BCUT2D eigenvalue weighted by Gasteiger charge is -2.35. The van der Waals surface area contributed by atoms with Crippen LogP contribution in [0.3, 0.4) is 0 Å². The number of carbonyl (C=O) groups is 1. The van der Waals surface area contributed by atoms with Crippen LogP contribution in [0.15, 0.2) is 60.9 Å². The molecule has 0 bridgehead atoms. The third kappa shape index (κ3) is 5.27. The molecule has 4 heterocycles. The van der Waals surface area contributed by atoms with Crippen LogP contribution in [0.4, 0.5) is 22.0 Å². The number of piperazine rings is 2. The van der Waals surface area contributed by atoms with Gasteiger partial charge in [-0.25, -0.2) is 14.8 Å². The number of fused-ring (bicyclic) bond motifs is 1. The number of benzene rings is 2. The summed E-state index contributed by atoms with van der Waals surface area (Å²) < 4.78 is 0. The third-order valence-electron chi connectivity index (χ3n) is 7.29. The van der Waals surface area contributed by atoms with Crippen molar-refractivity contribution in [1.82, 2.24) is 19.8 Å². The third-order valence-corrected chi connectivity index (χ3v) is 8.63. The lowest BCUT2D eigenvalue weighted by atomic mass is 10.1. The number of nitrogens with zero attached hydrogens (tertiary/aromatic N) is 6. The molecule has 1 N–H and O–H groups in total. The smallest absolute Gasteiger partial charge is 0.321 e. The van der Waals surface area contributed by atoms with Crippen molar-refractivity contribution in [3.63, 3.8) is 0 Å². The molecule has 4 aromatic rings. The van der Waals surface area contributed by atoms with Crippen LogP contribution in [0.1, 0.15) is 0 Å². The first-order valence-electron chi connectivity index (χ1n) is 12.9. The molecule has 2 fully saturated rings. The summed E-state index contributed by atoms with van der Waals surface area (Å²) in [5.41, 5.74) is 3.21. The van der Waals surface area contributed by atoms with Crippen LogP contribution in [0.2, 0.25) is 5.02 Å². The fraction of sp³-hybridized carbons (Fsp3) is 0.321. The summed E-state index contributed by atoms with van der Waals surface area (Å²) in [6.07, 6.45) is 1.65. The van der Waals surface area contributed by atoms with Gasteiger partial charge in [0, 0.05) is 73.6 Å². The summed E-state index contributed by atoms with van der Waals surface area (Å²) in [6.45, 7) is 6.99. The highest BCUT2D eigenvalue weighted by atomic mass is 35.5. The van der Waals surface area contributed by atoms with Crippen LogP contribution in [0, 0.1) is 0 Å². The zero-order valence-corrected chi connectivity index (χ0v) is 22.9. The molecule has 0 saturated carbocycles. The number of nitrogens with one attached hydrogen (secondary N) is 1. The number of thiophene rings is 1. The minimum Gasteiger partial charge on any atom is -0.369 e. The minimum atomic E-state index is -0.0994. The molecule has 6 rings (SSSR count). The van der Waals surface area contributed by atoms with Crippen LogP contribution < -0.4 is 15.1 Å². The number of anilines is 3. The topological polar surface area (TPSA) is 67.8 Å². The van der Waals surface area contributed by atoms with E-state index < -0.39 is 0 Å². The van der Waals surface area contributed by atoms with Gasteiger partial charge in [0.15, 0.2) is 0 Å². The zero-order valence-electron chi connectivity index (χ0n) is 21.3.